The van der Waals surface area contributed by atoms with Crippen LogP contribution in [0.1, 0.15) is 5.56 Å². The molecule has 2 aromatic carbocycles. The molecule has 9 heteroatoms. The second-order valence-corrected chi connectivity index (χ2v) is 9.03. The van der Waals surface area contributed by atoms with Crippen molar-refractivity contribution >= 4 is 55.1 Å². The van der Waals surface area contributed by atoms with Gasteiger partial charge < -0.3 is 5.32 Å². The molecule has 2 aromatic rings. The maximum absolute atomic E-state index is 12.4. The van der Waals surface area contributed by atoms with Crippen LogP contribution in [0.3, 0.4) is 0 Å². The predicted octanol–water partition coefficient (Wildman–Crippen LogP) is 3.69. The summed E-state index contributed by atoms with van der Waals surface area (Å²) in [7, 11) is -2.39. The van der Waals surface area contributed by atoms with Gasteiger partial charge in [0.1, 0.15) is 0 Å². The average Bonchev–Trinajstić information content (AvgIpc) is 2.54. The van der Waals surface area contributed by atoms with E-state index in [0.29, 0.717) is 15.6 Å². The van der Waals surface area contributed by atoms with Crippen molar-refractivity contribution in [1.82, 2.24) is 9.62 Å². The van der Waals surface area contributed by atoms with Gasteiger partial charge in [0.2, 0.25) is 15.9 Å². The molecule has 0 saturated carbocycles. The third kappa shape index (κ3) is 5.43. The molecule has 0 saturated heterocycles. The summed E-state index contributed by atoms with van der Waals surface area (Å²) in [6.07, 6.45) is 0. The molecular formula is C16H15BrCl2N2O3S. The predicted molar refractivity (Wildman–Crippen MR) is 102 cm³/mol. The summed E-state index contributed by atoms with van der Waals surface area (Å²) >= 11 is 15.1. The van der Waals surface area contributed by atoms with Gasteiger partial charge in [0.15, 0.2) is 0 Å². The van der Waals surface area contributed by atoms with Crippen molar-refractivity contribution in [1.29, 1.82) is 0 Å². The van der Waals surface area contributed by atoms with Gasteiger partial charge in [-0.25, -0.2) is 8.42 Å². The molecule has 0 heterocycles. The highest BCUT2D eigenvalue weighted by molar-refractivity contribution is 9.10. The van der Waals surface area contributed by atoms with Crippen LogP contribution < -0.4 is 5.32 Å². The molecule has 0 bridgehead atoms. The van der Waals surface area contributed by atoms with Gasteiger partial charge in [-0.2, -0.15) is 4.31 Å². The Morgan fingerprint density at radius 2 is 1.80 bits per heavy atom. The second kappa shape index (κ2) is 8.51. The first kappa shape index (κ1) is 20.2. The highest BCUT2D eigenvalue weighted by Crippen LogP contribution is 2.21. The summed E-state index contributed by atoms with van der Waals surface area (Å²) in [5, 5.41) is 3.58. The normalized spacial score (nSPS) is 11.6. The molecule has 2 rings (SSSR count). The fourth-order valence-corrected chi connectivity index (χ4v) is 3.86. The quantitative estimate of drug-likeness (QED) is 0.707. The highest BCUT2D eigenvalue weighted by atomic mass is 79.9. The Labute approximate surface area is 165 Å². The summed E-state index contributed by atoms with van der Waals surface area (Å²) in [5.74, 6) is -0.436. The van der Waals surface area contributed by atoms with Gasteiger partial charge in [0, 0.05) is 28.1 Å². The fraction of sp³-hybridized carbons (Fsp3) is 0.188. The minimum absolute atomic E-state index is 0.117. The maximum Gasteiger partial charge on any atom is 0.243 e. The molecule has 0 aromatic heterocycles. The smallest absolute Gasteiger partial charge is 0.243 e. The Morgan fingerprint density at radius 1 is 1.16 bits per heavy atom. The number of nitrogens with zero attached hydrogens (tertiary/aromatic N) is 1. The number of hydrogen-bond donors (Lipinski definition) is 1. The summed E-state index contributed by atoms with van der Waals surface area (Å²) < 4.78 is 26.6. The number of amides is 1. The van der Waals surface area contributed by atoms with Gasteiger partial charge in [-0.05, 0) is 42.0 Å². The SMILES string of the molecule is CN(CC(=O)NCc1ccc(Cl)cc1Cl)S(=O)(=O)c1ccc(Br)cc1. The first-order chi connectivity index (χ1) is 11.7. The van der Waals surface area contributed by atoms with Crippen molar-refractivity contribution in [3.05, 3.63) is 62.5 Å². The number of likely N-dealkylation sites (N-methyl/N-ethyl adjacent to an activating group) is 1. The van der Waals surface area contributed by atoms with Gasteiger partial charge in [-0.3, -0.25) is 4.79 Å². The third-order valence-corrected chi connectivity index (χ3v) is 6.31. The van der Waals surface area contributed by atoms with E-state index in [2.05, 4.69) is 21.2 Å². The lowest BCUT2D eigenvalue weighted by Gasteiger charge is -2.17. The van der Waals surface area contributed by atoms with Gasteiger partial charge in [0.25, 0.3) is 0 Å². The van der Waals surface area contributed by atoms with Gasteiger partial charge in [-0.15, -0.1) is 0 Å². The van der Waals surface area contributed by atoms with Crippen LogP contribution in [0.5, 0.6) is 0 Å². The van der Waals surface area contributed by atoms with Crippen molar-refractivity contribution < 1.29 is 13.2 Å². The van der Waals surface area contributed by atoms with E-state index < -0.39 is 15.9 Å². The Bertz CT molecular complexity index is 873. The minimum atomic E-state index is -3.74. The highest BCUT2D eigenvalue weighted by Gasteiger charge is 2.22. The van der Waals surface area contributed by atoms with Crippen LogP contribution in [0.25, 0.3) is 0 Å². The zero-order chi connectivity index (χ0) is 18.6. The van der Waals surface area contributed by atoms with E-state index in [0.717, 1.165) is 8.78 Å². The molecule has 1 amide bonds. The third-order valence-electron chi connectivity index (χ3n) is 3.38. The van der Waals surface area contributed by atoms with Crippen LogP contribution in [0.2, 0.25) is 10.0 Å². The zero-order valence-corrected chi connectivity index (χ0v) is 17.1. The van der Waals surface area contributed by atoms with Gasteiger partial charge >= 0.3 is 0 Å². The Balaban J connectivity index is 1.98. The molecule has 0 unspecified atom stereocenters. The van der Waals surface area contributed by atoms with E-state index in [9.17, 15) is 13.2 Å². The van der Waals surface area contributed by atoms with Crippen LogP contribution in [-0.4, -0.2) is 32.2 Å². The van der Waals surface area contributed by atoms with Crippen LogP contribution in [0.15, 0.2) is 51.8 Å². The van der Waals surface area contributed by atoms with Gasteiger partial charge in [0.05, 0.1) is 11.4 Å². The maximum atomic E-state index is 12.4. The van der Waals surface area contributed by atoms with Gasteiger partial charge in [-0.1, -0.05) is 45.2 Å². The molecule has 5 nitrogen and oxygen atoms in total. The lowest BCUT2D eigenvalue weighted by molar-refractivity contribution is -0.121. The standard InChI is InChI=1S/C16H15BrCl2N2O3S/c1-21(25(23,24)14-6-3-12(17)4-7-14)10-16(22)20-9-11-2-5-13(18)8-15(11)19/h2-8H,9-10H2,1H3,(H,20,22). The fourth-order valence-electron chi connectivity index (χ4n) is 1.99. The monoisotopic (exact) mass is 464 g/mol. The van der Waals surface area contributed by atoms with Crippen LogP contribution in [-0.2, 0) is 21.4 Å². The molecule has 0 atom stereocenters. The number of carbonyl (C=O) groups is 1. The van der Waals surface area contributed by atoms with E-state index in [1.807, 2.05) is 0 Å². The van der Waals surface area contributed by atoms with E-state index in [4.69, 9.17) is 23.2 Å². The molecule has 0 aliphatic heterocycles. The largest absolute Gasteiger partial charge is 0.351 e. The lowest BCUT2D eigenvalue weighted by Crippen LogP contribution is -2.38. The number of hydrogen-bond acceptors (Lipinski definition) is 3. The molecule has 0 aliphatic carbocycles. The summed E-state index contributed by atoms with van der Waals surface area (Å²) in [5.41, 5.74) is 0.692. The van der Waals surface area contributed by atoms with Crippen molar-refractivity contribution in [2.75, 3.05) is 13.6 Å². The van der Waals surface area contributed by atoms with E-state index in [1.165, 1.54) is 19.2 Å². The summed E-state index contributed by atoms with van der Waals surface area (Å²) in [6.45, 7) is -0.120. The molecule has 0 fully saturated rings. The first-order valence-electron chi connectivity index (χ1n) is 7.12. The Hall–Kier alpha value is -1.12. The van der Waals surface area contributed by atoms with Crippen LogP contribution >= 0.6 is 39.1 Å². The molecule has 25 heavy (non-hydrogen) atoms. The number of nitrogens with one attached hydrogen (secondary N) is 1. The lowest BCUT2D eigenvalue weighted by atomic mass is 10.2. The van der Waals surface area contributed by atoms with Crippen molar-refractivity contribution in [3.8, 4) is 0 Å². The Morgan fingerprint density at radius 3 is 2.40 bits per heavy atom. The molecular weight excluding hydrogens is 451 g/mol. The van der Waals surface area contributed by atoms with Crippen molar-refractivity contribution in [2.24, 2.45) is 0 Å². The van der Waals surface area contributed by atoms with Crippen LogP contribution in [0, 0.1) is 0 Å². The molecule has 0 spiro atoms. The second-order valence-electron chi connectivity index (χ2n) is 5.23. The van der Waals surface area contributed by atoms with E-state index in [1.54, 1.807) is 30.3 Å². The number of benzene rings is 2. The molecule has 0 aliphatic rings. The number of rotatable bonds is 6. The zero-order valence-electron chi connectivity index (χ0n) is 13.2. The summed E-state index contributed by atoms with van der Waals surface area (Å²) in [4.78, 5) is 12.2. The molecule has 134 valence electrons. The minimum Gasteiger partial charge on any atom is -0.351 e. The van der Waals surface area contributed by atoms with Crippen molar-refractivity contribution in [3.63, 3.8) is 0 Å². The van der Waals surface area contributed by atoms with E-state index >= 15 is 0 Å². The molecule has 1 N–H and O–H groups in total. The summed E-state index contributed by atoms with van der Waals surface area (Å²) in [6, 6.07) is 11.1. The average molecular weight is 466 g/mol. The van der Waals surface area contributed by atoms with Crippen molar-refractivity contribution in [2.45, 2.75) is 11.4 Å². The number of carbonyl (C=O) groups excluding carboxylic acids is 1. The number of halogens is 3. The Kier molecular flexibility index (Phi) is 6.87. The number of sulfonamides is 1. The van der Waals surface area contributed by atoms with Crippen LogP contribution in [0.4, 0.5) is 0 Å². The topological polar surface area (TPSA) is 66.5 Å². The first-order valence-corrected chi connectivity index (χ1v) is 10.1. The molecule has 0 radical (unpaired) electrons. The van der Waals surface area contributed by atoms with E-state index in [-0.39, 0.29) is 18.0 Å².